The lowest BCUT2D eigenvalue weighted by atomic mass is 10.1. The molecule has 0 spiro atoms. The van der Waals surface area contributed by atoms with Gasteiger partial charge in [-0.3, -0.25) is 0 Å². The molecule has 2 rings (SSSR count). The molecule has 0 unspecified atom stereocenters. The molecule has 1 N–H and O–H groups in total. The molecular formula is C14H14O2. The summed E-state index contributed by atoms with van der Waals surface area (Å²) < 4.78 is 5.37. The van der Waals surface area contributed by atoms with Gasteiger partial charge in [-0.25, -0.2) is 0 Å². The van der Waals surface area contributed by atoms with Gasteiger partial charge in [0.15, 0.2) is 0 Å². The first-order valence-electron chi connectivity index (χ1n) is 5.29. The van der Waals surface area contributed by atoms with E-state index >= 15 is 0 Å². The van der Waals surface area contributed by atoms with Gasteiger partial charge < -0.3 is 9.84 Å². The van der Waals surface area contributed by atoms with E-state index in [1.165, 1.54) is 0 Å². The minimum Gasteiger partial charge on any atom is -0.491 e. The Kier molecular flexibility index (Phi) is 3.57. The Hall–Kier alpha value is -1.80. The van der Waals surface area contributed by atoms with Crippen LogP contribution in [0.1, 0.15) is 0 Å². The lowest BCUT2D eigenvalue weighted by Crippen LogP contribution is -2.01. The third-order valence-electron chi connectivity index (χ3n) is 2.30. The zero-order valence-corrected chi connectivity index (χ0v) is 8.97. The largest absolute Gasteiger partial charge is 0.491 e. The van der Waals surface area contributed by atoms with Gasteiger partial charge in [0.2, 0.25) is 0 Å². The van der Waals surface area contributed by atoms with Crippen LogP contribution in [0.2, 0.25) is 0 Å². The first-order chi connectivity index (χ1) is 7.90. The highest BCUT2D eigenvalue weighted by Crippen LogP contribution is 2.23. The molecule has 2 aromatic carbocycles. The summed E-state index contributed by atoms with van der Waals surface area (Å²) in [5.41, 5.74) is 2.29. The van der Waals surface area contributed by atoms with E-state index in [1.807, 2.05) is 42.5 Å². The summed E-state index contributed by atoms with van der Waals surface area (Å²) >= 11 is 0. The molecule has 82 valence electrons. The van der Waals surface area contributed by atoms with Crippen molar-refractivity contribution < 1.29 is 9.84 Å². The molecule has 0 atom stereocenters. The minimum atomic E-state index is 0.0373. The first-order valence-corrected chi connectivity index (χ1v) is 5.29. The average Bonchev–Trinajstić information content (AvgIpc) is 2.38. The predicted molar refractivity (Wildman–Crippen MR) is 64.5 cm³/mol. The fraction of sp³-hybridized carbons (Fsp3) is 0.143. The molecule has 16 heavy (non-hydrogen) atoms. The summed E-state index contributed by atoms with van der Waals surface area (Å²) in [6.07, 6.45) is 0. The van der Waals surface area contributed by atoms with Crippen LogP contribution in [0.3, 0.4) is 0 Å². The molecule has 2 nitrogen and oxygen atoms in total. The van der Waals surface area contributed by atoms with Crippen molar-refractivity contribution in [1.82, 2.24) is 0 Å². The summed E-state index contributed by atoms with van der Waals surface area (Å²) in [6.45, 7) is 0.369. The summed E-state index contributed by atoms with van der Waals surface area (Å²) in [7, 11) is 0. The van der Waals surface area contributed by atoms with Crippen molar-refractivity contribution in [3.63, 3.8) is 0 Å². The second-order valence-electron chi connectivity index (χ2n) is 3.47. The van der Waals surface area contributed by atoms with E-state index in [4.69, 9.17) is 9.84 Å². The van der Waals surface area contributed by atoms with Gasteiger partial charge in [0, 0.05) is 0 Å². The van der Waals surface area contributed by atoms with E-state index in [0.29, 0.717) is 6.61 Å². The molecule has 0 radical (unpaired) electrons. The zero-order chi connectivity index (χ0) is 11.2. The molecule has 0 aliphatic rings. The van der Waals surface area contributed by atoms with Crippen molar-refractivity contribution in [2.24, 2.45) is 0 Å². The Balaban J connectivity index is 2.22. The minimum absolute atomic E-state index is 0.0373. The quantitative estimate of drug-likeness (QED) is 0.848. The molecule has 2 aromatic rings. The Labute approximate surface area is 95.1 Å². The normalized spacial score (nSPS) is 10.1. The predicted octanol–water partition coefficient (Wildman–Crippen LogP) is 2.72. The number of hydrogen-bond donors (Lipinski definition) is 1. The average molecular weight is 214 g/mol. The summed E-state index contributed by atoms with van der Waals surface area (Å²) in [6, 6.07) is 18.0. The number of aliphatic hydroxyl groups excluding tert-OH is 1. The highest BCUT2D eigenvalue weighted by Gasteiger charge is 1.98. The van der Waals surface area contributed by atoms with Crippen molar-refractivity contribution in [1.29, 1.82) is 0 Å². The number of rotatable bonds is 4. The molecule has 0 amide bonds. The van der Waals surface area contributed by atoms with Crippen molar-refractivity contribution in [3.8, 4) is 16.9 Å². The van der Waals surface area contributed by atoms with Gasteiger partial charge >= 0.3 is 0 Å². The second-order valence-corrected chi connectivity index (χ2v) is 3.47. The molecule has 0 aliphatic carbocycles. The molecule has 0 bridgehead atoms. The maximum atomic E-state index is 8.69. The second kappa shape index (κ2) is 5.33. The van der Waals surface area contributed by atoms with E-state index in [9.17, 15) is 0 Å². The SMILES string of the molecule is OCCOc1cccc(-c2ccccc2)c1. The van der Waals surface area contributed by atoms with Crippen LogP contribution in [0.15, 0.2) is 54.6 Å². The highest BCUT2D eigenvalue weighted by molar-refractivity contribution is 5.64. The molecule has 2 heteroatoms. The fourth-order valence-electron chi connectivity index (χ4n) is 1.56. The van der Waals surface area contributed by atoms with Gasteiger partial charge in [-0.05, 0) is 23.3 Å². The summed E-state index contributed by atoms with van der Waals surface area (Å²) in [5, 5.41) is 8.69. The summed E-state index contributed by atoms with van der Waals surface area (Å²) in [4.78, 5) is 0. The van der Waals surface area contributed by atoms with Crippen LogP contribution in [-0.4, -0.2) is 18.3 Å². The Bertz CT molecular complexity index is 437. The number of hydrogen-bond acceptors (Lipinski definition) is 2. The van der Waals surface area contributed by atoms with E-state index in [-0.39, 0.29) is 6.61 Å². The lowest BCUT2D eigenvalue weighted by molar-refractivity contribution is 0.201. The number of benzene rings is 2. The van der Waals surface area contributed by atoms with Crippen LogP contribution in [0.5, 0.6) is 5.75 Å². The van der Waals surface area contributed by atoms with Crippen LogP contribution in [-0.2, 0) is 0 Å². The number of aliphatic hydroxyl groups is 1. The van der Waals surface area contributed by atoms with E-state index in [0.717, 1.165) is 16.9 Å². The van der Waals surface area contributed by atoms with Crippen LogP contribution in [0.4, 0.5) is 0 Å². The summed E-state index contributed by atoms with van der Waals surface area (Å²) in [5.74, 6) is 0.787. The van der Waals surface area contributed by atoms with Gasteiger partial charge in [-0.15, -0.1) is 0 Å². The molecule has 0 heterocycles. The third-order valence-corrected chi connectivity index (χ3v) is 2.30. The van der Waals surface area contributed by atoms with Gasteiger partial charge in [-0.1, -0.05) is 42.5 Å². The molecule has 0 aromatic heterocycles. The van der Waals surface area contributed by atoms with Crippen molar-refractivity contribution >= 4 is 0 Å². The van der Waals surface area contributed by atoms with Crippen molar-refractivity contribution in [3.05, 3.63) is 54.6 Å². The zero-order valence-electron chi connectivity index (χ0n) is 8.97. The number of ether oxygens (including phenoxy) is 1. The third kappa shape index (κ3) is 2.61. The fourth-order valence-corrected chi connectivity index (χ4v) is 1.56. The van der Waals surface area contributed by atoms with Gasteiger partial charge in [0.1, 0.15) is 12.4 Å². The van der Waals surface area contributed by atoms with Crippen LogP contribution < -0.4 is 4.74 Å². The molecule has 0 saturated heterocycles. The lowest BCUT2D eigenvalue weighted by Gasteiger charge is -2.06. The van der Waals surface area contributed by atoms with E-state index in [2.05, 4.69) is 12.1 Å². The van der Waals surface area contributed by atoms with Crippen LogP contribution in [0.25, 0.3) is 11.1 Å². The van der Waals surface area contributed by atoms with Crippen molar-refractivity contribution in [2.45, 2.75) is 0 Å². The molecule has 0 aliphatic heterocycles. The maximum Gasteiger partial charge on any atom is 0.120 e. The van der Waals surface area contributed by atoms with Crippen LogP contribution in [0, 0.1) is 0 Å². The maximum absolute atomic E-state index is 8.69. The monoisotopic (exact) mass is 214 g/mol. The first kappa shape index (κ1) is 10.7. The van der Waals surface area contributed by atoms with Gasteiger partial charge in [0.25, 0.3) is 0 Å². The molecule has 0 fully saturated rings. The molecule has 0 saturated carbocycles. The van der Waals surface area contributed by atoms with Crippen molar-refractivity contribution in [2.75, 3.05) is 13.2 Å². The van der Waals surface area contributed by atoms with Gasteiger partial charge in [0.05, 0.1) is 6.61 Å². The van der Waals surface area contributed by atoms with E-state index in [1.54, 1.807) is 0 Å². The van der Waals surface area contributed by atoms with Crippen LogP contribution >= 0.6 is 0 Å². The standard InChI is InChI=1S/C14H14O2/c15-9-10-16-14-8-4-7-13(11-14)12-5-2-1-3-6-12/h1-8,11,15H,9-10H2. The molecular weight excluding hydrogens is 200 g/mol. The van der Waals surface area contributed by atoms with E-state index < -0.39 is 0 Å². The smallest absolute Gasteiger partial charge is 0.120 e. The topological polar surface area (TPSA) is 29.5 Å². The Morgan fingerprint density at radius 3 is 2.38 bits per heavy atom. The van der Waals surface area contributed by atoms with Gasteiger partial charge in [-0.2, -0.15) is 0 Å². The Morgan fingerprint density at radius 2 is 1.62 bits per heavy atom. The Morgan fingerprint density at radius 1 is 0.875 bits per heavy atom. The highest BCUT2D eigenvalue weighted by atomic mass is 16.5.